The number of aliphatic hydroxyl groups excluding tert-OH is 1. The van der Waals surface area contributed by atoms with Gasteiger partial charge in [-0.1, -0.05) is 6.92 Å². The van der Waals surface area contributed by atoms with Crippen molar-refractivity contribution in [2.24, 2.45) is 0 Å². The van der Waals surface area contributed by atoms with Crippen LogP contribution in [0, 0.1) is 5.82 Å². The van der Waals surface area contributed by atoms with Gasteiger partial charge in [-0.3, -0.25) is 0 Å². The topological polar surface area (TPSA) is 44.3 Å². The number of hydrogen-bond acceptors (Lipinski definition) is 2. The molecule has 3 nitrogen and oxygen atoms in total. The van der Waals surface area contributed by atoms with Crippen molar-refractivity contribution in [2.45, 2.75) is 19.4 Å². The molecule has 88 valence electrons. The molecule has 1 aromatic carbocycles. The smallest absolute Gasteiger partial charge is 0.171 e. The average Bonchev–Trinajstić information content (AvgIpc) is 2.29. The van der Waals surface area contributed by atoms with Gasteiger partial charge in [0.05, 0.1) is 12.6 Å². The van der Waals surface area contributed by atoms with Gasteiger partial charge < -0.3 is 15.7 Å². The van der Waals surface area contributed by atoms with E-state index in [2.05, 4.69) is 10.6 Å². The van der Waals surface area contributed by atoms with Crippen LogP contribution in [-0.2, 0) is 0 Å². The highest BCUT2D eigenvalue weighted by atomic mass is 32.1. The van der Waals surface area contributed by atoms with Crippen LogP contribution in [0.25, 0.3) is 0 Å². The Hall–Kier alpha value is -1.20. The molecule has 0 aliphatic carbocycles. The molecular weight excluding hydrogens is 227 g/mol. The van der Waals surface area contributed by atoms with Crippen molar-refractivity contribution < 1.29 is 9.50 Å². The van der Waals surface area contributed by atoms with Crippen LogP contribution in [-0.4, -0.2) is 22.9 Å². The Balaban J connectivity index is 2.48. The Morgan fingerprint density at radius 2 is 2.06 bits per heavy atom. The van der Waals surface area contributed by atoms with Gasteiger partial charge in [0.2, 0.25) is 0 Å². The second-order valence-electron chi connectivity index (χ2n) is 3.39. The van der Waals surface area contributed by atoms with Gasteiger partial charge in [0.1, 0.15) is 5.82 Å². The summed E-state index contributed by atoms with van der Waals surface area (Å²) < 4.78 is 12.6. The average molecular weight is 242 g/mol. The van der Waals surface area contributed by atoms with Gasteiger partial charge in [-0.2, -0.15) is 0 Å². The van der Waals surface area contributed by atoms with Crippen molar-refractivity contribution in [1.29, 1.82) is 0 Å². The van der Waals surface area contributed by atoms with Gasteiger partial charge in [-0.25, -0.2) is 4.39 Å². The predicted octanol–water partition coefficient (Wildman–Crippen LogP) is 1.88. The number of hydrogen-bond donors (Lipinski definition) is 3. The molecule has 0 radical (unpaired) electrons. The van der Waals surface area contributed by atoms with E-state index in [4.69, 9.17) is 17.3 Å². The van der Waals surface area contributed by atoms with Crippen molar-refractivity contribution in [3.63, 3.8) is 0 Å². The van der Waals surface area contributed by atoms with Crippen LogP contribution in [0.3, 0.4) is 0 Å². The fraction of sp³-hybridized carbons (Fsp3) is 0.364. The normalized spacial score (nSPS) is 11.9. The first-order valence-corrected chi connectivity index (χ1v) is 5.50. The highest BCUT2D eigenvalue weighted by Gasteiger charge is 2.05. The van der Waals surface area contributed by atoms with Crippen LogP contribution >= 0.6 is 12.2 Å². The van der Waals surface area contributed by atoms with Crippen LogP contribution < -0.4 is 10.6 Å². The third kappa shape index (κ3) is 4.12. The lowest BCUT2D eigenvalue weighted by Crippen LogP contribution is -2.39. The molecule has 16 heavy (non-hydrogen) atoms. The molecule has 0 aliphatic heterocycles. The third-order valence-electron chi connectivity index (χ3n) is 2.15. The van der Waals surface area contributed by atoms with E-state index in [1.807, 2.05) is 6.92 Å². The lowest BCUT2D eigenvalue weighted by atomic mass is 10.2. The monoisotopic (exact) mass is 242 g/mol. The number of nitrogens with one attached hydrogen (secondary N) is 2. The Bertz CT molecular complexity index is 338. The number of rotatable bonds is 4. The summed E-state index contributed by atoms with van der Waals surface area (Å²) in [5.41, 5.74) is 0.715. The second kappa shape index (κ2) is 6.40. The predicted molar refractivity (Wildman–Crippen MR) is 66.9 cm³/mol. The van der Waals surface area contributed by atoms with Crippen molar-refractivity contribution in [2.75, 3.05) is 11.9 Å². The highest BCUT2D eigenvalue weighted by Crippen LogP contribution is 2.08. The van der Waals surface area contributed by atoms with Gasteiger partial charge in [0.15, 0.2) is 5.11 Å². The number of aliphatic hydroxyl groups is 1. The molecule has 0 amide bonds. The summed E-state index contributed by atoms with van der Waals surface area (Å²) >= 11 is 5.05. The Morgan fingerprint density at radius 1 is 1.44 bits per heavy atom. The van der Waals surface area contributed by atoms with Crippen molar-refractivity contribution in [3.05, 3.63) is 30.1 Å². The molecule has 0 saturated carbocycles. The molecule has 1 aromatic rings. The van der Waals surface area contributed by atoms with E-state index in [0.29, 0.717) is 10.8 Å². The van der Waals surface area contributed by atoms with E-state index in [-0.39, 0.29) is 18.5 Å². The van der Waals surface area contributed by atoms with E-state index in [1.165, 1.54) is 12.1 Å². The first-order chi connectivity index (χ1) is 7.65. The van der Waals surface area contributed by atoms with Crippen LogP contribution in [0.15, 0.2) is 24.3 Å². The highest BCUT2D eigenvalue weighted by molar-refractivity contribution is 7.80. The second-order valence-corrected chi connectivity index (χ2v) is 3.80. The van der Waals surface area contributed by atoms with E-state index in [0.717, 1.165) is 6.42 Å². The standard InChI is InChI=1S/C11H15FN2OS/c1-2-9(7-15)13-11(16)14-10-5-3-8(12)4-6-10/h3-6,9,15H,2,7H2,1H3,(H2,13,14,16)/t9-/m1/s1. The Morgan fingerprint density at radius 3 is 2.56 bits per heavy atom. The lowest BCUT2D eigenvalue weighted by molar-refractivity contribution is 0.253. The zero-order chi connectivity index (χ0) is 12.0. The van der Waals surface area contributed by atoms with Gasteiger partial charge in [0.25, 0.3) is 0 Å². The maximum absolute atomic E-state index is 12.6. The molecule has 0 heterocycles. The lowest BCUT2D eigenvalue weighted by Gasteiger charge is -2.17. The molecule has 0 bridgehead atoms. The summed E-state index contributed by atoms with van der Waals surface area (Å²) in [5, 5.41) is 15.3. The fourth-order valence-electron chi connectivity index (χ4n) is 1.16. The Kier molecular flexibility index (Phi) is 5.14. The number of halogens is 1. The summed E-state index contributed by atoms with van der Waals surface area (Å²) in [4.78, 5) is 0. The van der Waals surface area contributed by atoms with Crippen LogP contribution in [0.5, 0.6) is 0 Å². The van der Waals surface area contributed by atoms with E-state index in [1.54, 1.807) is 12.1 Å². The number of thiocarbonyl (C=S) groups is 1. The summed E-state index contributed by atoms with van der Waals surface area (Å²) in [6.45, 7) is 1.98. The zero-order valence-electron chi connectivity index (χ0n) is 9.03. The number of anilines is 1. The molecule has 1 rings (SSSR count). The maximum atomic E-state index is 12.6. The molecule has 1 atom stereocenters. The fourth-order valence-corrected chi connectivity index (χ4v) is 1.45. The molecule has 0 aliphatic rings. The summed E-state index contributed by atoms with van der Waals surface area (Å²) in [7, 11) is 0. The molecular formula is C11H15FN2OS. The summed E-state index contributed by atoms with van der Waals surface area (Å²) in [6.07, 6.45) is 0.780. The first kappa shape index (κ1) is 12.9. The van der Waals surface area contributed by atoms with E-state index >= 15 is 0 Å². The molecule has 0 aromatic heterocycles. The molecule has 0 saturated heterocycles. The van der Waals surface area contributed by atoms with Gasteiger partial charge in [-0.15, -0.1) is 0 Å². The van der Waals surface area contributed by atoms with Gasteiger partial charge >= 0.3 is 0 Å². The third-order valence-corrected chi connectivity index (χ3v) is 2.37. The molecule has 0 unspecified atom stereocenters. The largest absolute Gasteiger partial charge is 0.394 e. The van der Waals surface area contributed by atoms with Crippen molar-refractivity contribution in [3.8, 4) is 0 Å². The minimum absolute atomic E-state index is 0.0295. The zero-order valence-corrected chi connectivity index (χ0v) is 9.85. The van der Waals surface area contributed by atoms with Crippen LogP contribution in [0.1, 0.15) is 13.3 Å². The first-order valence-electron chi connectivity index (χ1n) is 5.09. The quantitative estimate of drug-likeness (QED) is 0.705. The van der Waals surface area contributed by atoms with E-state index < -0.39 is 0 Å². The van der Waals surface area contributed by atoms with Gasteiger partial charge in [0, 0.05) is 5.69 Å². The molecule has 5 heteroatoms. The van der Waals surface area contributed by atoms with Gasteiger partial charge in [-0.05, 0) is 42.9 Å². The van der Waals surface area contributed by atoms with E-state index in [9.17, 15) is 4.39 Å². The minimum Gasteiger partial charge on any atom is -0.394 e. The SMILES string of the molecule is CC[C@H](CO)NC(=S)Nc1ccc(F)cc1. The summed E-state index contributed by atoms with van der Waals surface area (Å²) in [6, 6.07) is 5.86. The number of benzene rings is 1. The maximum Gasteiger partial charge on any atom is 0.171 e. The van der Waals surface area contributed by atoms with Crippen LogP contribution in [0.4, 0.5) is 10.1 Å². The minimum atomic E-state index is -0.286. The van der Waals surface area contributed by atoms with Crippen LogP contribution in [0.2, 0.25) is 0 Å². The Labute approximate surface area is 99.7 Å². The molecule has 0 fully saturated rings. The summed E-state index contributed by atoms with van der Waals surface area (Å²) in [5.74, 6) is -0.286. The molecule has 3 N–H and O–H groups in total. The van der Waals surface area contributed by atoms with Crippen molar-refractivity contribution in [1.82, 2.24) is 5.32 Å². The van der Waals surface area contributed by atoms with Crippen molar-refractivity contribution >= 4 is 23.0 Å². The molecule has 0 spiro atoms.